The van der Waals surface area contributed by atoms with Crippen molar-refractivity contribution in [2.24, 2.45) is 5.10 Å². The van der Waals surface area contributed by atoms with Gasteiger partial charge >= 0.3 is 0 Å². The topological polar surface area (TPSA) is 90.4 Å². The molecule has 1 aliphatic rings. The third-order valence-corrected chi connectivity index (χ3v) is 7.03. The van der Waals surface area contributed by atoms with Crippen molar-refractivity contribution >= 4 is 28.6 Å². The summed E-state index contributed by atoms with van der Waals surface area (Å²) < 4.78 is 14.0. The van der Waals surface area contributed by atoms with Crippen LogP contribution >= 0.6 is 11.3 Å². The average molecular weight is 492 g/mol. The minimum Gasteiger partial charge on any atom is -0.493 e. The second-order valence-electron chi connectivity index (χ2n) is 8.36. The average Bonchev–Trinajstić information content (AvgIpc) is 3.60. The molecule has 1 aromatic carbocycles. The summed E-state index contributed by atoms with van der Waals surface area (Å²) in [5, 5.41) is 12.6. The van der Waals surface area contributed by atoms with Crippen molar-refractivity contribution in [2.75, 3.05) is 14.2 Å². The molecule has 0 fully saturated rings. The first kappa shape index (κ1) is 22.9. The van der Waals surface area contributed by atoms with Crippen LogP contribution in [0.25, 0.3) is 5.65 Å². The number of ether oxygens (including phenoxy) is 2. The van der Waals surface area contributed by atoms with Gasteiger partial charge in [-0.1, -0.05) is 12.1 Å². The summed E-state index contributed by atoms with van der Waals surface area (Å²) in [4.78, 5) is 27.1. The lowest BCUT2D eigenvalue weighted by molar-refractivity contribution is -0.133. The molecule has 1 aliphatic heterocycles. The second kappa shape index (κ2) is 9.03. The van der Waals surface area contributed by atoms with Gasteiger partial charge in [0.2, 0.25) is 0 Å². The standard InChI is InChI=1S/C25H25N5O4S/c1-15-10-23-28(16(2)11-24(31)30(23)26-15)14-25(32)29-19(13-18(27-29)22-6-5-9-35-22)17-7-8-20(33-3)21(12-17)34-4/h5-12,19H,13-14H2,1-4H3. The van der Waals surface area contributed by atoms with Crippen LogP contribution in [0.15, 0.2) is 57.7 Å². The number of aryl methyl sites for hydroxylation is 2. The highest BCUT2D eigenvalue weighted by molar-refractivity contribution is 7.12. The normalized spacial score (nSPS) is 15.5. The van der Waals surface area contributed by atoms with E-state index < -0.39 is 0 Å². The number of aromatic nitrogens is 3. The van der Waals surface area contributed by atoms with Crippen LogP contribution in [-0.4, -0.2) is 45.0 Å². The Bertz CT molecular complexity index is 1500. The summed E-state index contributed by atoms with van der Waals surface area (Å²) in [7, 11) is 3.18. The van der Waals surface area contributed by atoms with Crippen LogP contribution in [0.4, 0.5) is 0 Å². The van der Waals surface area contributed by atoms with Gasteiger partial charge in [0.15, 0.2) is 11.5 Å². The molecule has 0 saturated heterocycles. The molecule has 180 valence electrons. The molecule has 5 rings (SSSR count). The molecular formula is C25H25N5O4S. The summed E-state index contributed by atoms with van der Waals surface area (Å²) in [6.45, 7) is 3.65. The van der Waals surface area contributed by atoms with Gasteiger partial charge in [0.1, 0.15) is 12.2 Å². The molecule has 0 aliphatic carbocycles. The molecule has 1 atom stereocenters. The van der Waals surface area contributed by atoms with Gasteiger partial charge in [-0.05, 0) is 43.0 Å². The molecule has 4 aromatic rings. The van der Waals surface area contributed by atoms with E-state index >= 15 is 0 Å². The largest absolute Gasteiger partial charge is 0.493 e. The summed E-state index contributed by atoms with van der Waals surface area (Å²) in [6.07, 6.45) is 0.575. The first-order chi connectivity index (χ1) is 16.9. The number of thiophene rings is 1. The van der Waals surface area contributed by atoms with Gasteiger partial charge in [0.25, 0.3) is 11.5 Å². The lowest BCUT2D eigenvalue weighted by atomic mass is 10.0. The lowest BCUT2D eigenvalue weighted by Crippen LogP contribution is -2.32. The van der Waals surface area contributed by atoms with Crippen molar-refractivity contribution in [1.29, 1.82) is 0 Å². The number of hydrogen-bond acceptors (Lipinski definition) is 7. The molecular weight excluding hydrogens is 466 g/mol. The highest BCUT2D eigenvalue weighted by atomic mass is 32.1. The predicted octanol–water partition coefficient (Wildman–Crippen LogP) is 3.57. The lowest BCUT2D eigenvalue weighted by Gasteiger charge is -2.24. The van der Waals surface area contributed by atoms with E-state index in [2.05, 4.69) is 5.10 Å². The van der Waals surface area contributed by atoms with Gasteiger partial charge in [-0.3, -0.25) is 9.59 Å². The zero-order valence-electron chi connectivity index (χ0n) is 19.9. The maximum absolute atomic E-state index is 13.7. The Morgan fingerprint density at radius 1 is 1.11 bits per heavy atom. The maximum Gasteiger partial charge on any atom is 0.274 e. The number of amides is 1. The molecule has 3 aromatic heterocycles. The predicted molar refractivity (Wildman–Crippen MR) is 134 cm³/mol. The van der Waals surface area contributed by atoms with Gasteiger partial charge in [-0.25, -0.2) is 5.01 Å². The van der Waals surface area contributed by atoms with E-state index in [-0.39, 0.29) is 24.1 Å². The first-order valence-electron chi connectivity index (χ1n) is 11.1. The van der Waals surface area contributed by atoms with Crippen molar-refractivity contribution in [3.8, 4) is 11.5 Å². The number of nitrogens with zero attached hydrogens (tertiary/aromatic N) is 5. The molecule has 0 spiro atoms. The number of hydrazone groups is 1. The van der Waals surface area contributed by atoms with Crippen molar-refractivity contribution < 1.29 is 14.3 Å². The Balaban J connectivity index is 1.54. The minimum atomic E-state index is -0.304. The Kier molecular flexibility index (Phi) is 5.89. The van der Waals surface area contributed by atoms with Crippen LogP contribution in [-0.2, 0) is 11.3 Å². The van der Waals surface area contributed by atoms with Gasteiger partial charge in [0.05, 0.1) is 36.5 Å². The quantitative estimate of drug-likeness (QED) is 0.411. The van der Waals surface area contributed by atoms with Gasteiger partial charge in [-0.15, -0.1) is 11.3 Å². The first-order valence-corrected chi connectivity index (χ1v) is 12.0. The summed E-state index contributed by atoms with van der Waals surface area (Å²) in [5.74, 6) is 1.02. The Morgan fingerprint density at radius 3 is 2.63 bits per heavy atom. The number of carbonyl (C=O) groups excluding carboxylic acids is 1. The zero-order valence-corrected chi connectivity index (χ0v) is 20.7. The van der Waals surface area contributed by atoms with Crippen LogP contribution in [0.5, 0.6) is 11.5 Å². The van der Waals surface area contributed by atoms with E-state index in [1.165, 1.54) is 10.6 Å². The number of fused-ring (bicyclic) bond motifs is 1. The van der Waals surface area contributed by atoms with E-state index in [1.807, 2.05) is 49.6 Å². The summed E-state index contributed by atoms with van der Waals surface area (Å²) in [5.41, 5.74) is 3.49. The van der Waals surface area contributed by atoms with Crippen LogP contribution in [0, 0.1) is 13.8 Å². The molecule has 10 heteroatoms. The van der Waals surface area contributed by atoms with Crippen molar-refractivity contribution in [2.45, 2.75) is 32.9 Å². The molecule has 35 heavy (non-hydrogen) atoms. The van der Waals surface area contributed by atoms with Gasteiger partial charge < -0.3 is 14.0 Å². The highest BCUT2D eigenvalue weighted by Gasteiger charge is 2.34. The molecule has 0 bridgehead atoms. The van der Waals surface area contributed by atoms with Crippen LogP contribution < -0.4 is 15.0 Å². The Morgan fingerprint density at radius 2 is 1.91 bits per heavy atom. The van der Waals surface area contributed by atoms with E-state index in [0.29, 0.717) is 35.0 Å². The summed E-state index contributed by atoms with van der Waals surface area (Å²) in [6, 6.07) is 12.6. The third-order valence-electron chi connectivity index (χ3n) is 6.11. The molecule has 0 radical (unpaired) electrons. The fourth-order valence-corrected chi connectivity index (χ4v) is 5.12. The number of benzene rings is 1. The third kappa shape index (κ3) is 4.10. The smallest absolute Gasteiger partial charge is 0.274 e. The van der Waals surface area contributed by atoms with Crippen molar-refractivity contribution in [3.63, 3.8) is 0 Å². The molecule has 0 saturated carbocycles. The molecule has 1 amide bonds. The molecule has 4 heterocycles. The van der Waals surface area contributed by atoms with E-state index in [1.54, 1.807) is 41.2 Å². The Hall–Kier alpha value is -3.92. The van der Waals surface area contributed by atoms with E-state index in [9.17, 15) is 9.59 Å². The molecule has 9 nitrogen and oxygen atoms in total. The highest BCUT2D eigenvalue weighted by Crippen LogP contribution is 2.38. The monoisotopic (exact) mass is 491 g/mol. The zero-order chi connectivity index (χ0) is 24.7. The van der Waals surface area contributed by atoms with E-state index in [4.69, 9.17) is 14.6 Å². The van der Waals surface area contributed by atoms with Gasteiger partial charge in [-0.2, -0.15) is 14.7 Å². The number of carbonyl (C=O) groups is 1. The van der Waals surface area contributed by atoms with Crippen LogP contribution in [0.2, 0.25) is 0 Å². The van der Waals surface area contributed by atoms with Crippen LogP contribution in [0.3, 0.4) is 0 Å². The number of hydrogen-bond donors (Lipinski definition) is 0. The number of rotatable bonds is 6. The fraction of sp³-hybridized carbons (Fsp3) is 0.280. The molecule has 1 unspecified atom stereocenters. The van der Waals surface area contributed by atoms with Crippen molar-refractivity contribution in [3.05, 3.63) is 80.0 Å². The second-order valence-corrected chi connectivity index (χ2v) is 9.31. The SMILES string of the molecule is COc1ccc(C2CC(c3cccs3)=NN2C(=O)Cn2c(C)cc(=O)n3nc(C)cc23)cc1OC. The van der Waals surface area contributed by atoms with Crippen molar-refractivity contribution in [1.82, 2.24) is 19.2 Å². The Labute approximate surface area is 205 Å². The minimum absolute atomic E-state index is 0.0196. The maximum atomic E-state index is 13.7. The number of methoxy groups -OCH3 is 2. The summed E-state index contributed by atoms with van der Waals surface area (Å²) >= 11 is 1.59. The molecule has 0 N–H and O–H groups in total. The van der Waals surface area contributed by atoms with Crippen LogP contribution in [0.1, 0.15) is 34.3 Å². The van der Waals surface area contributed by atoms with E-state index in [0.717, 1.165) is 16.2 Å². The fourth-order valence-electron chi connectivity index (χ4n) is 4.40. The van der Waals surface area contributed by atoms with Gasteiger partial charge in [0, 0.05) is 24.2 Å².